The van der Waals surface area contributed by atoms with Gasteiger partial charge >= 0.3 is 5.97 Å². The Labute approximate surface area is 169 Å². The SMILES string of the molecule is C=CCOC(=O)C1=C[C@@H](c2ccc(F)cc2)C[C@@H](OCc2ccc(CO)cc2)O1. The monoisotopic (exact) mass is 398 g/mol. The average molecular weight is 398 g/mol. The van der Waals surface area contributed by atoms with Crippen LogP contribution in [0.15, 0.2) is 73.0 Å². The van der Waals surface area contributed by atoms with Crippen LogP contribution in [0, 0.1) is 5.82 Å². The van der Waals surface area contributed by atoms with Gasteiger partial charge in [-0.3, -0.25) is 0 Å². The van der Waals surface area contributed by atoms with Crippen LogP contribution in [-0.4, -0.2) is 24.0 Å². The molecule has 5 nitrogen and oxygen atoms in total. The maximum Gasteiger partial charge on any atom is 0.373 e. The summed E-state index contributed by atoms with van der Waals surface area (Å²) in [5, 5.41) is 9.13. The molecule has 1 N–H and O–H groups in total. The average Bonchev–Trinajstić information content (AvgIpc) is 2.76. The summed E-state index contributed by atoms with van der Waals surface area (Å²) in [7, 11) is 0. The van der Waals surface area contributed by atoms with Crippen molar-refractivity contribution in [3.05, 3.63) is 95.5 Å². The quantitative estimate of drug-likeness (QED) is 0.538. The van der Waals surface area contributed by atoms with Gasteiger partial charge in [-0.05, 0) is 34.9 Å². The molecule has 1 aliphatic heterocycles. The number of rotatable bonds is 8. The highest BCUT2D eigenvalue weighted by Crippen LogP contribution is 2.32. The number of carbonyl (C=O) groups excluding carboxylic acids is 1. The Balaban J connectivity index is 1.73. The lowest BCUT2D eigenvalue weighted by Crippen LogP contribution is -2.27. The highest BCUT2D eigenvalue weighted by atomic mass is 19.1. The van der Waals surface area contributed by atoms with Gasteiger partial charge in [0.2, 0.25) is 12.0 Å². The van der Waals surface area contributed by atoms with E-state index < -0.39 is 12.3 Å². The molecule has 3 rings (SSSR count). The van der Waals surface area contributed by atoms with Gasteiger partial charge in [0.05, 0.1) is 13.2 Å². The van der Waals surface area contributed by atoms with Crippen molar-refractivity contribution < 1.29 is 28.5 Å². The molecule has 2 aromatic rings. The van der Waals surface area contributed by atoms with Crippen LogP contribution in [0.25, 0.3) is 0 Å². The molecule has 1 aliphatic rings. The second-order valence-corrected chi connectivity index (χ2v) is 6.64. The van der Waals surface area contributed by atoms with Crippen LogP contribution >= 0.6 is 0 Å². The first kappa shape index (κ1) is 20.8. The Hall–Kier alpha value is -2.96. The van der Waals surface area contributed by atoms with Gasteiger partial charge in [0.25, 0.3) is 0 Å². The maximum atomic E-state index is 13.3. The maximum absolute atomic E-state index is 13.3. The fourth-order valence-electron chi connectivity index (χ4n) is 2.98. The number of benzene rings is 2. The fourth-order valence-corrected chi connectivity index (χ4v) is 2.98. The van der Waals surface area contributed by atoms with Gasteiger partial charge in [-0.15, -0.1) is 0 Å². The van der Waals surface area contributed by atoms with Gasteiger partial charge in [0, 0.05) is 12.3 Å². The predicted molar refractivity (Wildman–Crippen MR) is 105 cm³/mol. The van der Waals surface area contributed by atoms with Crippen molar-refractivity contribution in [2.24, 2.45) is 0 Å². The highest BCUT2D eigenvalue weighted by molar-refractivity contribution is 5.86. The van der Waals surface area contributed by atoms with Gasteiger partial charge < -0.3 is 19.3 Å². The minimum Gasteiger partial charge on any atom is -0.458 e. The van der Waals surface area contributed by atoms with E-state index in [2.05, 4.69) is 6.58 Å². The van der Waals surface area contributed by atoms with E-state index in [0.717, 1.165) is 16.7 Å². The van der Waals surface area contributed by atoms with E-state index in [0.29, 0.717) is 6.42 Å². The van der Waals surface area contributed by atoms with E-state index in [1.807, 2.05) is 24.3 Å². The zero-order valence-corrected chi connectivity index (χ0v) is 15.9. The summed E-state index contributed by atoms with van der Waals surface area (Å²) in [5.41, 5.74) is 2.58. The summed E-state index contributed by atoms with van der Waals surface area (Å²) in [6.45, 7) is 3.86. The molecule has 0 fully saturated rings. The number of hydrogen-bond acceptors (Lipinski definition) is 5. The minimum atomic E-state index is -0.668. The summed E-state index contributed by atoms with van der Waals surface area (Å²) >= 11 is 0. The number of esters is 1. The summed E-state index contributed by atoms with van der Waals surface area (Å²) in [4.78, 5) is 12.3. The first-order chi connectivity index (χ1) is 14.1. The lowest BCUT2D eigenvalue weighted by molar-refractivity contribution is -0.163. The zero-order chi connectivity index (χ0) is 20.6. The number of ether oxygens (including phenoxy) is 3. The van der Waals surface area contributed by atoms with E-state index in [9.17, 15) is 9.18 Å². The van der Waals surface area contributed by atoms with Crippen LogP contribution in [-0.2, 0) is 32.2 Å². The third-order valence-corrected chi connectivity index (χ3v) is 4.53. The van der Waals surface area contributed by atoms with E-state index >= 15 is 0 Å². The number of carbonyl (C=O) groups is 1. The standard InChI is InChI=1S/C23H23FO5/c1-2-11-27-23(26)21-12-19(18-7-9-20(24)10-8-18)13-22(29-21)28-15-17-5-3-16(14-25)4-6-17/h2-10,12,19,22,25H,1,11,13-15H2/t19-,22+/m1/s1. The van der Waals surface area contributed by atoms with Gasteiger partial charge in [0.1, 0.15) is 12.4 Å². The molecule has 0 aliphatic carbocycles. The number of allylic oxidation sites excluding steroid dienone is 1. The van der Waals surface area contributed by atoms with Gasteiger partial charge in [0.15, 0.2) is 0 Å². The van der Waals surface area contributed by atoms with Crippen molar-refractivity contribution in [2.75, 3.05) is 6.61 Å². The number of hydrogen-bond donors (Lipinski definition) is 1. The summed E-state index contributed by atoms with van der Waals surface area (Å²) in [6, 6.07) is 13.5. The van der Waals surface area contributed by atoms with Gasteiger partial charge in [-0.2, -0.15) is 0 Å². The minimum absolute atomic E-state index is 0.0206. The van der Waals surface area contributed by atoms with Crippen LogP contribution in [0.3, 0.4) is 0 Å². The van der Waals surface area contributed by atoms with Crippen molar-refractivity contribution in [2.45, 2.75) is 31.8 Å². The molecule has 0 amide bonds. The van der Waals surface area contributed by atoms with Crippen molar-refractivity contribution in [1.82, 2.24) is 0 Å². The first-order valence-electron chi connectivity index (χ1n) is 9.31. The second-order valence-electron chi connectivity index (χ2n) is 6.64. The van der Waals surface area contributed by atoms with Gasteiger partial charge in [-0.1, -0.05) is 49.1 Å². The Kier molecular flexibility index (Phi) is 7.16. The number of aliphatic hydroxyl groups excluding tert-OH is 1. The molecule has 0 saturated carbocycles. The molecule has 29 heavy (non-hydrogen) atoms. The molecule has 0 aromatic heterocycles. The summed E-state index contributed by atoms with van der Waals surface area (Å²) in [5.74, 6) is -1.04. The van der Waals surface area contributed by atoms with E-state index in [4.69, 9.17) is 19.3 Å². The molecule has 152 valence electrons. The van der Waals surface area contributed by atoms with Crippen molar-refractivity contribution >= 4 is 5.97 Å². The van der Waals surface area contributed by atoms with Crippen molar-refractivity contribution in [1.29, 1.82) is 0 Å². The van der Waals surface area contributed by atoms with E-state index in [1.54, 1.807) is 18.2 Å². The third-order valence-electron chi connectivity index (χ3n) is 4.53. The molecular weight excluding hydrogens is 375 g/mol. The van der Waals surface area contributed by atoms with Crippen LogP contribution in [0.5, 0.6) is 0 Å². The fraction of sp³-hybridized carbons (Fsp3) is 0.261. The topological polar surface area (TPSA) is 65.0 Å². The molecule has 6 heteroatoms. The molecule has 2 aromatic carbocycles. The van der Waals surface area contributed by atoms with Crippen molar-refractivity contribution in [3.8, 4) is 0 Å². The van der Waals surface area contributed by atoms with Crippen LogP contribution < -0.4 is 0 Å². The molecular formula is C23H23FO5. The number of halogens is 1. The Morgan fingerprint density at radius 2 is 1.86 bits per heavy atom. The van der Waals surface area contributed by atoms with Crippen molar-refractivity contribution in [3.63, 3.8) is 0 Å². The van der Waals surface area contributed by atoms with E-state index in [-0.39, 0.29) is 37.3 Å². The summed E-state index contributed by atoms with van der Waals surface area (Å²) in [6.07, 6.45) is 2.95. The largest absolute Gasteiger partial charge is 0.458 e. The number of aliphatic hydroxyl groups is 1. The lowest BCUT2D eigenvalue weighted by Gasteiger charge is -2.29. The molecule has 0 saturated heterocycles. The molecule has 1 heterocycles. The van der Waals surface area contributed by atoms with Crippen LogP contribution in [0.2, 0.25) is 0 Å². The molecule has 0 radical (unpaired) electrons. The van der Waals surface area contributed by atoms with E-state index in [1.165, 1.54) is 18.2 Å². The molecule has 0 bridgehead atoms. The van der Waals surface area contributed by atoms with Crippen LogP contribution in [0.1, 0.15) is 29.0 Å². The second kappa shape index (κ2) is 10.0. The lowest BCUT2D eigenvalue weighted by atomic mass is 9.93. The Bertz CT molecular complexity index is 858. The normalized spacial score (nSPS) is 18.5. The molecule has 2 atom stereocenters. The molecule has 0 spiro atoms. The zero-order valence-electron chi connectivity index (χ0n) is 15.9. The van der Waals surface area contributed by atoms with Crippen LogP contribution in [0.4, 0.5) is 4.39 Å². The Morgan fingerprint density at radius 3 is 2.52 bits per heavy atom. The smallest absolute Gasteiger partial charge is 0.373 e. The highest BCUT2D eigenvalue weighted by Gasteiger charge is 2.29. The first-order valence-corrected chi connectivity index (χ1v) is 9.31. The summed E-state index contributed by atoms with van der Waals surface area (Å²) < 4.78 is 29.9. The van der Waals surface area contributed by atoms with Gasteiger partial charge in [-0.25, -0.2) is 9.18 Å². The molecule has 0 unspecified atom stereocenters. The Morgan fingerprint density at radius 1 is 1.17 bits per heavy atom. The third kappa shape index (κ3) is 5.76. The predicted octanol–water partition coefficient (Wildman–Crippen LogP) is 3.98.